The number of hydrogen-bond acceptors (Lipinski definition) is 10. The number of nitrogens with one attached hydrogen (secondary N) is 3. The molecule has 0 aliphatic heterocycles. The third-order valence-electron chi connectivity index (χ3n) is 7.70. The summed E-state index contributed by atoms with van der Waals surface area (Å²) in [6.45, 7) is 4.91. The van der Waals surface area contributed by atoms with Crippen LogP contribution in [0.25, 0.3) is 0 Å². The van der Waals surface area contributed by atoms with Gasteiger partial charge in [-0.05, 0) is 55.7 Å². The van der Waals surface area contributed by atoms with Gasteiger partial charge in [-0.15, -0.1) is 0 Å². The number of rotatable bonds is 29. The average Bonchev–Trinajstić information content (AvgIpc) is 3.06. The Morgan fingerprint density at radius 2 is 1.47 bits per heavy atom. The Labute approximate surface area is 290 Å². The summed E-state index contributed by atoms with van der Waals surface area (Å²) in [6.07, 6.45) is 4.92. The van der Waals surface area contributed by atoms with Crippen molar-refractivity contribution in [3.8, 4) is 0 Å². The fourth-order valence-corrected chi connectivity index (χ4v) is 4.99. The minimum Gasteiger partial charge on any atom is -0.380 e. The summed E-state index contributed by atoms with van der Waals surface area (Å²) in [5, 5.41) is 8.09. The standard InChI is InChI=1S/C35H57N5O9/c1-25(2)33(40-32(44)24-49-20-19-48-18-8-12-29(41)10-5-4-6-11-30(42)22-36)31(43)21-27(9-7-17-38-35(37)46)34(45)39-28-15-13-26(14-16-28)23-47-3/h13-16,25,27,33H,4-12,17-24,36H2,1-3H3,(H,39,45)(H,40,44)(H3,37,38,46)/t27-,33+/m1/s1. The number of nitrogens with two attached hydrogens (primary N) is 2. The summed E-state index contributed by atoms with van der Waals surface area (Å²) >= 11 is 0. The lowest BCUT2D eigenvalue weighted by molar-refractivity contribution is -0.133. The molecule has 1 aromatic carbocycles. The van der Waals surface area contributed by atoms with Crippen molar-refractivity contribution in [3.05, 3.63) is 29.8 Å². The van der Waals surface area contributed by atoms with Crippen molar-refractivity contribution in [2.75, 3.05) is 51.9 Å². The van der Waals surface area contributed by atoms with Crippen LogP contribution in [0, 0.1) is 11.8 Å². The minimum absolute atomic E-state index is 0.0389. The summed E-state index contributed by atoms with van der Waals surface area (Å²) in [7, 11) is 1.60. The second-order valence-electron chi connectivity index (χ2n) is 12.3. The summed E-state index contributed by atoms with van der Waals surface area (Å²) in [4.78, 5) is 73.5. The maximum atomic E-state index is 13.4. The van der Waals surface area contributed by atoms with Gasteiger partial charge in [-0.3, -0.25) is 24.0 Å². The molecule has 0 heterocycles. The highest BCUT2D eigenvalue weighted by atomic mass is 16.5. The van der Waals surface area contributed by atoms with Gasteiger partial charge < -0.3 is 41.6 Å². The van der Waals surface area contributed by atoms with Gasteiger partial charge in [-0.2, -0.15) is 0 Å². The molecule has 0 bridgehead atoms. The average molecular weight is 692 g/mol. The lowest BCUT2D eigenvalue weighted by Gasteiger charge is -2.24. The SMILES string of the molecule is COCc1ccc(NC(=O)[C@H](CCCNC(N)=O)CC(=O)[C@@H](NC(=O)COCCOCCCC(=O)CCCCCC(=O)CN)C(C)C)cc1. The number of anilines is 1. The number of Topliss-reactive ketones (excluding diaryl/α,β-unsaturated/α-hetero) is 3. The molecule has 1 aromatic rings. The van der Waals surface area contributed by atoms with E-state index in [0.29, 0.717) is 57.4 Å². The molecule has 2 atom stereocenters. The molecule has 1 rings (SSSR count). The molecule has 0 unspecified atom stereocenters. The van der Waals surface area contributed by atoms with Crippen molar-refractivity contribution in [2.45, 2.75) is 90.7 Å². The number of carbonyl (C=O) groups excluding carboxylic acids is 6. The molecule has 0 fully saturated rings. The minimum atomic E-state index is -0.828. The first-order valence-corrected chi connectivity index (χ1v) is 17.1. The highest BCUT2D eigenvalue weighted by Gasteiger charge is 2.29. The van der Waals surface area contributed by atoms with E-state index >= 15 is 0 Å². The predicted octanol–water partition coefficient (Wildman–Crippen LogP) is 2.80. The van der Waals surface area contributed by atoms with Gasteiger partial charge in [0, 0.05) is 57.6 Å². The first-order chi connectivity index (χ1) is 23.5. The van der Waals surface area contributed by atoms with Gasteiger partial charge in [0.25, 0.3) is 0 Å². The number of methoxy groups -OCH3 is 1. The largest absolute Gasteiger partial charge is 0.380 e. The van der Waals surface area contributed by atoms with Gasteiger partial charge in [0.05, 0.1) is 32.4 Å². The first kappa shape index (κ1) is 43.3. The maximum Gasteiger partial charge on any atom is 0.312 e. The molecule has 4 amide bonds. The van der Waals surface area contributed by atoms with Crippen LogP contribution < -0.4 is 27.4 Å². The van der Waals surface area contributed by atoms with Gasteiger partial charge in [-0.1, -0.05) is 32.4 Å². The first-order valence-electron chi connectivity index (χ1n) is 17.1. The topological polar surface area (TPSA) is 218 Å². The Morgan fingerprint density at radius 1 is 0.816 bits per heavy atom. The Morgan fingerprint density at radius 3 is 2.10 bits per heavy atom. The van der Waals surface area contributed by atoms with Gasteiger partial charge >= 0.3 is 6.03 Å². The van der Waals surface area contributed by atoms with Crippen molar-refractivity contribution in [2.24, 2.45) is 23.3 Å². The summed E-state index contributed by atoms with van der Waals surface area (Å²) in [5.74, 6) is -1.85. The van der Waals surface area contributed by atoms with Crippen molar-refractivity contribution in [1.82, 2.24) is 10.6 Å². The third-order valence-corrected chi connectivity index (χ3v) is 7.70. The van der Waals surface area contributed by atoms with Crippen molar-refractivity contribution < 1.29 is 43.0 Å². The van der Waals surface area contributed by atoms with Gasteiger partial charge in [0.1, 0.15) is 18.2 Å². The van der Waals surface area contributed by atoms with E-state index in [4.69, 9.17) is 25.7 Å². The fraction of sp³-hybridized carbons (Fsp3) is 0.657. The van der Waals surface area contributed by atoms with Crippen LogP contribution in [-0.4, -0.2) is 87.9 Å². The lowest BCUT2D eigenvalue weighted by atomic mass is 9.89. The van der Waals surface area contributed by atoms with E-state index in [0.717, 1.165) is 24.8 Å². The normalized spacial score (nSPS) is 12.3. The maximum absolute atomic E-state index is 13.4. The van der Waals surface area contributed by atoms with E-state index in [-0.39, 0.29) is 68.5 Å². The Bertz CT molecular complexity index is 1160. The molecule has 0 aliphatic carbocycles. The highest BCUT2D eigenvalue weighted by molar-refractivity contribution is 5.97. The zero-order valence-corrected chi connectivity index (χ0v) is 29.4. The Kier molecular flexibility index (Phi) is 23.1. The number of carbonyl (C=O) groups is 6. The number of amides is 4. The quantitative estimate of drug-likeness (QED) is 0.0774. The molecule has 0 spiro atoms. The Hall–Kier alpha value is -3.72. The molecular formula is C35H57N5O9. The van der Waals surface area contributed by atoms with Crippen LogP contribution in [0.4, 0.5) is 10.5 Å². The number of benzene rings is 1. The van der Waals surface area contributed by atoms with E-state index in [2.05, 4.69) is 16.0 Å². The molecule has 0 saturated heterocycles. The number of unbranched alkanes of at least 4 members (excludes halogenated alkanes) is 2. The van der Waals surface area contributed by atoms with Crippen molar-refractivity contribution >= 4 is 40.9 Å². The molecule has 0 saturated carbocycles. The number of primary amides is 1. The molecule has 0 aliphatic rings. The molecule has 49 heavy (non-hydrogen) atoms. The molecule has 276 valence electrons. The zero-order valence-electron chi connectivity index (χ0n) is 29.4. The van der Waals surface area contributed by atoms with E-state index in [1.54, 1.807) is 33.1 Å². The van der Waals surface area contributed by atoms with Crippen molar-refractivity contribution in [1.29, 1.82) is 0 Å². The van der Waals surface area contributed by atoms with Crippen LogP contribution in [0.15, 0.2) is 24.3 Å². The van der Waals surface area contributed by atoms with E-state index < -0.39 is 23.9 Å². The molecule has 0 aromatic heterocycles. The number of ketones is 3. The van der Waals surface area contributed by atoms with E-state index in [9.17, 15) is 28.8 Å². The zero-order chi connectivity index (χ0) is 36.4. The van der Waals surface area contributed by atoms with Gasteiger partial charge in [-0.25, -0.2) is 4.79 Å². The summed E-state index contributed by atoms with van der Waals surface area (Å²) in [6, 6.07) is 5.67. The predicted molar refractivity (Wildman–Crippen MR) is 186 cm³/mol. The number of ether oxygens (including phenoxy) is 3. The van der Waals surface area contributed by atoms with Crippen molar-refractivity contribution in [3.63, 3.8) is 0 Å². The van der Waals surface area contributed by atoms with Gasteiger partial charge in [0.2, 0.25) is 11.8 Å². The Balaban J connectivity index is 2.47. The fourth-order valence-electron chi connectivity index (χ4n) is 4.99. The third kappa shape index (κ3) is 21.1. The number of hydrogen-bond donors (Lipinski definition) is 5. The van der Waals surface area contributed by atoms with Crippen LogP contribution in [0.3, 0.4) is 0 Å². The summed E-state index contributed by atoms with van der Waals surface area (Å²) < 4.78 is 16.0. The monoisotopic (exact) mass is 691 g/mol. The molecule has 14 heteroatoms. The molecular weight excluding hydrogens is 634 g/mol. The van der Waals surface area contributed by atoms with Crippen LogP contribution in [0.2, 0.25) is 0 Å². The number of urea groups is 1. The van der Waals surface area contributed by atoms with Gasteiger partial charge in [0.15, 0.2) is 5.78 Å². The molecule has 0 radical (unpaired) electrons. The summed E-state index contributed by atoms with van der Waals surface area (Å²) in [5.41, 5.74) is 11.9. The van der Waals surface area contributed by atoms with Crippen LogP contribution in [-0.2, 0) is 44.8 Å². The second kappa shape index (κ2) is 26.2. The van der Waals surface area contributed by atoms with E-state index in [1.807, 2.05) is 12.1 Å². The van der Waals surface area contributed by atoms with Crippen LogP contribution >= 0.6 is 0 Å². The lowest BCUT2D eigenvalue weighted by Crippen LogP contribution is -2.47. The van der Waals surface area contributed by atoms with Crippen LogP contribution in [0.1, 0.15) is 83.6 Å². The molecule has 7 N–H and O–H groups in total. The van der Waals surface area contributed by atoms with E-state index in [1.165, 1.54) is 0 Å². The molecule has 14 nitrogen and oxygen atoms in total. The second-order valence-corrected chi connectivity index (χ2v) is 12.3. The van der Waals surface area contributed by atoms with Crippen LogP contribution in [0.5, 0.6) is 0 Å². The smallest absolute Gasteiger partial charge is 0.312 e. The highest BCUT2D eigenvalue weighted by Crippen LogP contribution is 2.19.